The lowest BCUT2D eigenvalue weighted by molar-refractivity contribution is -0.128. The predicted octanol–water partition coefficient (Wildman–Crippen LogP) is 1.75. The molecule has 0 aromatic heterocycles. The maximum Gasteiger partial charge on any atom is 0.419 e. The Kier molecular flexibility index (Phi) is 4.66. The summed E-state index contributed by atoms with van der Waals surface area (Å²) < 4.78 is 40.6. The summed E-state index contributed by atoms with van der Waals surface area (Å²) in [6, 6.07) is 6.85. The van der Waals surface area contributed by atoms with Gasteiger partial charge in [0.15, 0.2) is 6.23 Å². The summed E-state index contributed by atoms with van der Waals surface area (Å²) in [5.74, 6) is -0.182. The van der Waals surface area contributed by atoms with Gasteiger partial charge in [0.1, 0.15) is 5.57 Å². The van der Waals surface area contributed by atoms with E-state index < -0.39 is 24.0 Å². The van der Waals surface area contributed by atoms with Crippen LogP contribution in [-0.4, -0.2) is 53.0 Å². The predicted molar refractivity (Wildman–Crippen MR) is 88.8 cm³/mol. The van der Waals surface area contributed by atoms with Crippen LogP contribution < -0.4 is 5.43 Å². The van der Waals surface area contributed by atoms with Crippen LogP contribution in [0.1, 0.15) is 24.1 Å². The van der Waals surface area contributed by atoms with E-state index in [-0.39, 0.29) is 24.7 Å². The molecule has 2 unspecified atom stereocenters. The van der Waals surface area contributed by atoms with Crippen molar-refractivity contribution in [1.82, 2.24) is 15.2 Å². The second-order valence-corrected chi connectivity index (χ2v) is 6.33. The molecule has 0 aliphatic carbocycles. The Balaban J connectivity index is 2.07. The zero-order valence-electron chi connectivity index (χ0n) is 14.3. The molecule has 1 aromatic rings. The van der Waals surface area contributed by atoms with Crippen molar-refractivity contribution in [3.05, 3.63) is 46.7 Å². The van der Waals surface area contributed by atoms with Gasteiger partial charge in [-0.1, -0.05) is 24.3 Å². The minimum absolute atomic E-state index is 0.182. The number of carbonyl (C=O) groups is 1. The molecule has 1 aromatic carbocycles. The summed E-state index contributed by atoms with van der Waals surface area (Å²) in [5.41, 5.74) is 2.50. The van der Waals surface area contributed by atoms with Crippen molar-refractivity contribution < 1.29 is 23.1 Å². The molecule has 0 saturated heterocycles. The van der Waals surface area contributed by atoms with Crippen molar-refractivity contribution in [1.29, 1.82) is 0 Å². The van der Waals surface area contributed by atoms with Crippen LogP contribution in [0.5, 0.6) is 0 Å². The summed E-state index contributed by atoms with van der Waals surface area (Å²) >= 11 is 0. The molecule has 140 valence electrons. The van der Waals surface area contributed by atoms with Crippen LogP contribution >= 0.6 is 0 Å². The first-order valence-electron chi connectivity index (χ1n) is 8.04. The molecule has 26 heavy (non-hydrogen) atoms. The number of halogens is 3. The van der Waals surface area contributed by atoms with E-state index in [1.165, 1.54) is 11.8 Å². The van der Waals surface area contributed by atoms with Gasteiger partial charge in [-0.3, -0.25) is 10.2 Å². The molecule has 2 aliphatic rings. The summed E-state index contributed by atoms with van der Waals surface area (Å²) in [5, 5.41) is 13.5. The summed E-state index contributed by atoms with van der Waals surface area (Å²) in [6.45, 7) is 1.86. The maximum absolute atomic E-state index is 13.5. The highest BCUT2D eigenvalue weighted by Gasteiger charge is 2.45. The average molecular weight is 368 g/mol. The Morgan fingerprint density at radius 1 is 1.42 bits per heavy atom. The van der Waals surface area contributed by atoms with Crippen molar-refractivity contribution >= 4 is 12.1 Å². The first-order chi connectivity index (χ1) is 12.2. The van der Waals surface area contributed by atoms with E-state index in [1.807, 2.05) is 29.7 Å². The fourth-order valence-corrected chi connectivity index (χ4v) is 3.28. The number of allylic oxidation sites excluding steroid dienone is 1. The number of hydrazone groups is 1. The van der Waals surface area contributed by atoms with Crippen molar-refractivity contribution in [2.45, 2.75) is 31.9 Å². The topological polar surface area (TPSA) is 68.2 Å². The van der Waals surface area contributed by atoms with Crippen molar-refractivity contribution in [3.8, 4) is 0 Å². The number of hydrogen-bond acceptors (Lipinski definition) is 5. The van der Waals surface area contributed by atoms with Gasteiger partial charge in [0.2, 0.25) is 5.91 Å². The molecule has 9 heteroatoms. The molecule has 2 atom stereocenters. The Labute approximate surface area is 148 Å². The van der Waals surface area contributed by atoms with Gasteiger partial charge in [0.05, 0.1) is 18.0 Å². The number of nitrogens with zero attached hydrogens (tertiary/aromatic N) is 3. The van der Waals surface area contributed by atoms with E-state index in [9.17, 15) is 23.1 Å². The molecule has 1 amide bonds. The van der Waals surface area contributed by atoms with Gasteiger partial charge in [-0.25, -0.2) is 0 Å². The van der Waals surface area contributed by atoms with Gasteiger partial charge >= 0.3 is 6.18 Å². The van der Waals surface area contributed by atoms with Crippen LogP contribution in [0.15, 0.2) is 40.6 Å². The Hall–Kier alpha value is -2.55. The van der Waals surface area contributed by atoms with E-state index in [4.69, 9.17) is 0 Å². The third-order valence-electron chi connectivity index (χ3n) is 4.66. The number of amides is 1. The normalized spacial score (nSPS) is 22.3. The van der Waals surface area contributed by atoms with Crippen molar-refractivity contribution in [3.63, 3.8) is 0 Å². The number of nitrogens with one attached hydrogen (secondary N) is 1. The van der Waals surface area contributed by atoms with Crippen LogP contribution in [0.3, 0.4) is 0 Å². The highest BCUT2D eigenvalue weighted by Crippen LogP contribution is 2.41. The molecular weight excluding hydrogens is 349 g/mol. The lowest BCUT2D eigenvalue weighted by Crippen LogP contribution is -2.43. The van der Waals surface area contributed by atoms with E-state index in [0.717, 1.165) is 17.3 Å². The molecule has 0 fully saturated rings. The van der Waals surface area contributed by atoms with Crippen molar-refractivity contribution in [2.75, 3.05) is 13.6 Å². The number of carbonyl (C=O) groups excluding carboxylic acids is 1. The number of aliphatic hydroxyl groups is 1. The van der Waals surface area contributed by atoms with E-state index in [2.05, 4.69) is 5.10 Å². The molecule has 0 spiro atoms. The zero-order chi connectivity index (χ0) is 19.1. The standard InChI is InChI=1S/C17H19F3N4O2/c1-10(25)23(2)9-14-12-6-4-3-5-11(12)8-24(14)13-7-21-22-16(26)15(13)17(18,19)20/h3-7,14,16,22,26H,8-9H2,1-2H3. The molecule has 6 nitrogen and oxygen atoms in total. The van der Waals surface area contributed by atoms with Gasteiger partial charge < -0.3 is 14.9 Å². The minimum Gasteiger partial charge on any atom is -0.368 e. The lowest BCUT2D eigenvalue weighted by atomic mass is 10.0. The third-order valence-corrected chi connectivity index (χ3v) is 4.66. The quantitative estimate of drug-likeness (QED) is 0.853. The first kappa shape index (κ1) is 18.2. The average Bonchev–Trinajstić information content (AvgIpc) is 2.92. The summed E-state index contributed by atoms with van der Waals surface area (Å²) in [4.78, 5) is 14.6. The van der Waals surface area contributed by atoms with E-state index >= 15 is 0 Å². The van der Waals surface area contributed by atoms with Gasteiger partial charge in [0.25, 0.3) is 0 Å². The van der Waals surface area contributed by atoms with Gasteiger partial charge in [-0.05, 0) is 11.1 Å². The van der Waals surface area contributed by atoms with Gasteiger partial charge in [0, 0.05) is 27.1 Å². The van der Waals surface area contributed by atoms with Crippen LogP contribution in [0.2, 0.25) is 0 Å². The second-order valence-electron chi connectivity index (χ2n) is 6.33. The molecule has 2 heterocycles. The number of rotatable bonds is 3. The van der Waals surface area contributed by atoms with Crippen LogP contribution in [0.4, 0.5) is 13.2 Å². The molecule has 2 N–H and O–H groups in total. The van der Waals surface area contributed by atoms with Crippen molar-refractivity contribution in [2.24, 2.45) is 5.10 Å². The Morgan fingerprint density at radius 2 is 2.12 bits per heavy atom. The number of hydrogen-bond donors (Lipinski definition) is 2. The fourth-order valence-electron chi connectivity index (χ4n) is 3.28. The molecular formula is C17H19F3N4O2. The van der Waals surface area contributed by atoms with E-state index in [1.54, 1.807) is 11.9 Å². The highest BCUT2D eigenvalue weighted by molar-refractivity contribution is 5.81. The number of likely N-dealkylation sites (N-methyl/N-ethyl adjacent to an activating group) is 1. The Bertz CT molecular complexity index is 776. The first-order valence-corrected chi connectivity index (χ1v) is 8.04. The zero-order valence-corrected chi connectivity index (χ0v) is 14.3. The van der Waals surface area contributed by atoms with Crippen LogP contribution in [0.25, 0.3) is 0 Å². The second kappa shape index (κ2) is 6.64. The molecule has 0 radical (unpaired) electrons. The SMILES string of the molecule is CC(=O)N(C)CC1c2ccccc2CN1C1=C(C(F)(F)F)C(O)NN=C1. The van der Waals surface area contributed by atoms with Gasteiger partial charge in [-0.2, -0.15) is 18.3 Å². The highest BCUT2D eigenvalue weighted by atomic mass is 19.4. The molecule has 3 rings (SSSR count). The number of benzene rings is 1. The summed E-state index contributed by atoms with van der Waals surface area (Å²) in [6.07, 6.45) is -5.59. The minimum atomic E-state index is -4.72. The van der Waals surface area contributed by atoms with Crippen LogP contribution in [0, 0.1) is 0 Å². The molecule has 0 bridgehead atoms. The third kappa shape index (κ3) is 3.26. The Morgan fingerprint density at radius 3 is 2.77 bits per heavy atom. The molecule has 2 aliphatic heterocycles. The monoisotopic (exact) mass is 368 g/mol. The van der Waals surface area contributed by atoms with E-state index in [0.29, 0.717) is 0 Å². The molecule has 0 saturated carbocycles. The number of alkyl halides is 3. The van der Waals surface area contributed by atoms with Gasteiger partial charge in [-0.15, -0.1) is 0 Å². The lowest BCUT2D eigenvalue weighted by Gasteiger charge is -2.34. The smallest absolute Gasteiger partial charge is 0.368 e. The fraction of sp³-hybridized carbons (Fsp3) is 0.412. The summed E-state index contributed by atoms with van der Waals surface area (Å²) in [7, 11) is 1.60. The number of aliphatic hydroxyl groups excluding tert-OH is 1. The largest absolute Gasteiger partial charge is 0.419 e. The number of fused-ring (bicyclic) bond motifs is 1. The maximum atomic E-state index is 13.5. The van der Waals surface area contributed by atoms with Crippen LogP contribution in [-0.2, 0) is 11.3 Å².